The minimum absolute atomic E-state index is 0.119. The summed E-state index contributed by atoms with van der Waals surface area (Å²) in [6.07, 6.45) is 6.30. The van der Waals surface area contributed by atoms with Gasteiger partial charge in [-0.1, -0.05) is 24.3 Å². The van der Waals surface area contributed by atoms with Gasteiger partial charge in [0.25, 0.3) is 0 Å². The van der Waals surface area contributed by atoms with Crippen molar-refractivity contribution in [2.24, 2.45) is 0 Å². The molecule has 2 aromatic carbocycles. The molecule has 0 N–H and O–H groups in total. The van der Waals surface area contributed by atoms with Crippen LogP contribution >= 0.6 is 0 Å². The summed E-state index contributed by atoms with van der Waals surface area (Å²) in [6.45, 7) is 8.93. The van der Waals surface area contributed by atoms with Gasteiger partial charge in [0.2, 0.25) is 5.91 Å². The van der Waals surface area contributed by atoms with E-state index in [2.05, 4.69) is 16.8 Å². The standard InChI is InChI=1S/C30H42FN3O2/c1-23(2)36-29-12-8-24(9-13-29)21-30(35)34(22-25-6-10-26(31)11-7-25)28-15-19-33(20-16-28)18-14-27-5-4-17-32(27)3/h6-13,23,27-28H,4-5,14-22H2,1-3H3. The summed E-state index contributed by atoms with van der Waals surface area (Å²) >= 11 is 0. The molecule has 6 heteroatoms. The average molecular weight is 496 g/mol. The van der Waals surface area contributed by atoms with Crippen molar-refractivity contribution in [2.45, 2.75) is 77.1 Å². The van der Waals surface area contributed by atoms with Gasteiger partial charge in [-0.15, -0.1) is 0 Å². The van der Waals surface area contributed by atoms with Gasteiger partial charge in [-0.25, -0.2) is 4.39 Å². The van der Waals surface area contributed by atoms with Crippen molar-refractivity contribution in [3.8, 4) is 5.75 Å². The number of rotatable bonds is 10. The molecule has 1 unspecified atom stereocenters. The third-order valence-corrected chi connectivity index (χ3v) is 7.68. The summed E-state index contributed by atoms with van der Waals surface area (Å²) in [6, 6.07) is 15.3. The normalized spacial score (nSPS) is 19.6. The first-order valence-corrected chi connectivity index (χ1v) is 13.6. The fourth-order valence-electron chi connectivity index (χ4n) is 5.57. The Bertz CT molecular complexity index is 955. The summed E-state index contributed by atoms with van der Waals surface area (Å²) in [7, 11) is 2.24. The first-order valence-electron chi connectivity index (χ1n) is 13.6. The molecule has 2 aliphatic heterocycles. The molecule has 0 saturated carbocycles. The highest BCUT2D eigenvalue weighted by molar-refractivity contribution is 5.79. The van der Waals surface area contributed by atoms with Crippen LogP contribution in [0.5, 0.6) is 5.75 Å². The predicted octanol–water partition coefficient (Wildman–Crippen LogP) is 5.13. The third kappa shape index (κ3) is 7.53. The van der Waals surface area contributed by atoms with Crippen LogP contribution in [0.4, 0.5) is 4.39 Å². The summed E-state index contributed by atoms with van der Waals surface area (Å²) in [5.74, 6) is 0.699. The maximum Gasteiger partial charge on any atom is 0.227 e. The number of benzene rings is 2. The van der Waals surface area contributed by atoms with Crippen LogP contribution in [-0.2, 0) is 17.8 Å². The first kappa shape index (κ1) is 26.6. The summed E-state index contributed by atoms with van der Waals surface area (Å²) in [5.41, 5.74) is 1.95. The van der Waals surface area contributed by atoms with E-state index < -0.39 is 0 Å². The van der Waals surface area contributed by atoms with Gasteiger partial charge in [0, 0.05) is 31.7 Å². The van der Waals surface area contributed by atoms with Gasteiger partial charge in [0.1, 0.15) is 11.6 Å². The number of halogens is 1. The molecule has 0 aromatic heterocycles. The second kappa shape index (κ2) is 12.7. The van der Waals surface area contributed by atoms with E-state index in [4.69, 9.17) is 4.74 Å². The van der Waals surface area contributed by atoms with Crippen LogP contribution in [0.1, 0.15) is 57.1 Å². The third-order valence-electron chi connectivity index (χ3n) is 7.68. The van der Waals surface area contributed by atoms with Gasteiger partial charge in [-0.3, -0.25) is 4.79 Å². The van der Waals surface area contributed by atoms with E-state index in [0.717, 1.165) is 55.4 Å². The van der Waals surface area contributed by atoms with Gasteiger partial charge >= 0.3 is 0 Å². The molecule has 1 amide bonds. The van der Waals surface area contributed by atoms with E-state index in [1.54, 1.807) is 12.1 Å². The number of hydrogen-bond donors (Lipinski definition) is 0. The predicted molar refractivity (Wildman–Crippen MR) is 143 cm³/mol. The Balaban J connectivity index is 1.37. The lowest BCUT2D eigenvalue weighted by atomic mass is 10.00. The fourth-order valence-corrected chi connectivity index (χ4v) is 5.57. The van der Waals surface area contributed by atoms with Crippen LogP contribution in [0.15, 0.2) is 48.5 Å². The Morgan fingerprint density at radius 1 is 1.00 bits per heavy atom. The second-order valence-electron chi connectivity index (χ2n) is 10.8. The maximum atomic E-state index is 13.6. The number of ether oxygens (including phenoxy) is 1. The Morgan fingerprint density at radius 3 is 2.28 bits per heavy atom. The van der Waals surface area contributed by atoms with E-state index in [1.807, 2.05) is 43.0 Å². The monoisotopic (exact) mass is 495 g/mol. The van der Waals surface area contributed by atoms with Crippen molar-refractivity contribution in [3.05, 3.63) is 65.5 Å². The molecule has 0 radical (unpaired) electrons. The van der Waals surface area contributed by atoms with Crippen LogP contribution in [0.3, 0.4) is 0 Å². The van der Waals surface area contributed by atoms with Crippen LogP contribution < -0.4 is 4.74 Å². The lowest BCUT2D eigenvalue weighted by Crippen LogP contribution is -2.48. The van der Waals surface area contributed by atoms with Crippen molar-refractivity contribution in [3.63, 3.8) is 0 Å². The zero-order valence-corrected chi connectivity index (χ0v) is 22.2. The number of likely N-dealkylation sites (tertiary alicyclic amines) is 2. The molecule has 2 aliphatic rings. The van der Waals surface area contributed by atoms with Gasteiger partial charge in [0.05, 0.1) is 12.5 Å². The van der Waals surface area contributed by atoms with Crippen LogP contribution in [0.25, 0.3) is 0 Å². The molecule has 4 rings (SSSR count). The van der Waals surface area contributed by atoms with Crippen molar-refractivity contribution in [1.82, 2.24) is 14.7 Å². The molecule has 2 saturated heterocycles. The maximum absolute atomic E-state index is 13.6. The molecule has 0 bridgehead atoms. The first-order chi connectivity index (χ1) is 17.4. The largest absolute Gasteiger partial charge is 0.491 e. The number of amides is 1. The quantitative estimate of drug-likeness (QED) is 0.458. The fraction of sp³-hybridized carbons (Fsp3) is 0.567. The molecule has 2 fully saturated rings. The zero-order chi connectivity index (χ0) is 25.5. The Kier molecular flexibility index (Phi) is 9.38. The van der Waals surface area contributed by atoms with Gasteiger partial charge < -0.3 is 19.4 Å². The lowest BCUT2D eigenvalue weighted by molar-refractivity contribution is -0.134. The molecule has 196 valence electrons. The molecule has 2 heterocycles. The zero-order valence-electron chi connectivity index (χ0n) is 22.2. The highest BCUT2D eigenvalue weighted by Gasteiger charge is 2.29. The van der Waals surface area contributed by atoms with Crippen molar-refractivity contribution < 1.29 is 13.9 Å². The Labute approximate surface area is 216 Å². The van der Waals surface area contributed by atoms with Gasteiger partial charge in [-0.05, 0) is 101 Å². The van der Waals surface area contributed by atoms with Crippen molar-refractivity contribution in [1.29, 1.82) is 0 Å². The number of carbonyl (C=O) groups excluding carboxylic acids is 1. The minimum atomic E-state index is -0.249. The minimum Gasteiger partial charge on any atom is -0.491 e. The lowest BCUT2D eigenvalue weighted by Gasteiger charge is -2.39. The van der Waals surface area contributed by atoms with Crippen molar-refractivity contribution in [2.75, 3.05) is 33.2 Å². The van der Waals surface area contributed by atoms with Crippen LogP contribution in [-0.4, -0.2) is 72.0 Å². The molecule has 2 aromatic rings. The number of piperidine rings is 1. The molecule has 5 nitrogen and oxygen atoms in total. The summed E-state index contributed by atoms with van der Waals surface area (Å²) in [5, 5.41) is 0. The number of hydrogen-bond acceptors (Lipinski definition) is 4. The summed E-state index contributed by atoms with van der Waals surface area (Å²) in [4.78, 5) is 20.7. The molecule has 36 heavy (non-hydrogen) atoms. The SMILES string of the molecule is CC(C)Oc1ccc(CC(=O)N(Cc2ccc(F)cc2)C2CCN(CCC3CCCN3C)CC2)cc1. The second-order valence-corrected chi connectivity index (χ2v) is 10.8. The Hall–Kier alpha value is -2.44. The number of carbonyl (C=O) groups is 1. The average Bonchev–Trinajstić information content (AvgIpc) is 3.28. The Morgan fingerprint density at radius 2 is 1.67 bits per heavy atom. The van der Waals surface area contributed by atoms with Crippen molar-refractivity contribution >= 4 is 5.91 Å². The van der Waals surface area contributed by atoms with E-state index in [-0.39, 0.29) is 23.9 Å². The highest BCUT2D eigenvalue weighted by Crippen LogP contribution is 2.24. The van der Waals surface area contributed by atoms with Crippen LogP contribution in [0, 0.1) is 5.82 Å². The van der Waals surface area contributed by atoms with E-state index in [0.29, 0.717) is 13.0 Å². The van der Waals surface area contributed by atoms with Gasteiger partial charge in [-0.2, -0.15) is 0 Å². The van der Waals surface area contributed by atoms with Crippen LogP contribution in [0.2, 0.25) is 0 Å². The molecule has 1 atom stereocenters. The molecule has 0 aliphatic carbocycles. The van der Waals surface area contributed by atoms with E-state index in [1.165, 1.54) is 37.9 Å². The van der Waals surface area contributed by atoms with Gasteiger partial charge in [0.15, 0.2) is 0 Å². The smallest absolute Gasteiger partial charge is 0.227 e. The number of nitrogens with zero attached hydrogens (tertiary/aromatic N) is 3. The topological polar surface area (TPSA) is 36.0 Å². The molecular weight excluding hydrogens is 453 g/mol. The summed E-state index contributed by atoms with van der Waals surface area (Å²) < 4.78 is 19.2. The molecule has 0 spiro atoms. The van der Waals surface area contributed by atoms with E-state index >= 15 is 0 Å². The van der Waals surface area contributed by atoms with E-state index in [9.17, 15) is 9.18 Å². The molecular formula is C30H42FN3O2. The highest BCUT2D eigenvalue weighted by atomic mass is 19.1.